The Bertz CT molecular complexity index is 114. The van der Waals surface area contributed by atoms with E-state index in [4.69, 9.17) is 9.47 Å². The molecule has 0 aliphatic carbocycles. The molecular weight excluding hydrogens is 200 g/mol. The number of rotatable bonds is 12. The van der Waals surface area contributed by atoms with Gasteiger partial charge in [-0.1, -0.05) is 40.0 Å². The van der Waals surface area contributed by atoms with Crippen molar-refractivity contribution in [3.8, 4) is 0 Å². The van der Waals surface area contributed by atoms with Gasteiger partial charge in [-0.15, -0.1) is 0 Å². The van der Waals surface area contributed by atoms with Crippen LogP contribution < -0.4 is 0 Å². The lowest BCUT2D eigenvalue weighted by Gasteiger charge is -2.16. The summed E-state index contributed by atoms with van der Waals surface area (Å²) in [5.41, 5.74) is 0. The van der Waals surface area contributed by atoms with Gasteiger partial charge in [-0.3, -0.25) is 0 Å². The lowest BCUT2D eigenvalue weighted by molar-refractivity contribution is 0.0341. The second kappa shape index (κ2) is 13.0. The molecule has 0 N–H and O–H groups in total. The second-order valence-electron chi connectivity index (χ2n) is 4.51. The van der Waals surface area contributed by atoms with Crippen LogP contribution in [0.2, 0.25) is 0 Å². The molecule has 0 aliphatic rings. The van der Waals surface area contributed by atoms with Crippen molar-refractivity contribution in [3.63, 3.8) is 0 Å². The average Bonchev–Trinajstić information content (AvgIpc) is 2.30. The first-order chi connectivity index (χ1) is 7.85. The third kappa shape index (κ3) is 10.4. The molecule has 0 aromatic rings. The minimum absolute atomic E-state index is 0.596. The Morgan fingerprint density at radius 3 is 1.62 bits per heavy atom. The molecule has 0 saturated carbocycles. The predicted molar refractivity (Wildman–Crippen MR) is 69.9 cm³/mol. The highest BCUT2D eigenvalue weighted by molar-refractivity contribution is 4.56. The molecule has 0 spiro atoms. The number of unbranched alkanes of at least 4 members (excludes halogenated alkanes) is 2. The highest BCUT2D eigenvalue weighted by Crippen LogP contribution is 2.08. The molecule has 0 radical (unpaired) electrons. The Labute approximate surface area is 102 Å². The minimum atomic E-state index is 0.596. The maximum atomic E-state index is 5.67. The van der Waals surface area contributed by atoms with Gasteiger partial charge in [-0.05, 0) is 19.3 Å². The molecule has 0 aromatic heterocycles. The molecule has 0 amide bonds. The number of hydrogen-bond donors (Lipinski definition) is 0. The first kappa shape index (κ1) is 15.9. The topological polar surface area (TPSA) is 18.5 Å². The maximum Gasteiger partial charge on any atom is 0.0516 e. The Balaban J connectivity index is 3.45. The Morgan fingerprint density at radius 1 is 0.750 bits per heavy atom. The fourth-order valence-corrected chi connectivity index (χ4v) is 1.62. The largest absolute Gasteiger partial charge is 0.381 e. The minimum Gasteiger partial charge on any atom is -0.381 e. The van der Waals surface area contributed by atoms with Gasteiger partial charge < -0.3 is 9.47 Å². The second-order valence-corrected chi connectivity index (χ2v) is 4.51. The number of hydrogen-bond acceptors (Lipinski definition) is 2. The van der Waals surface area contributed by atoms with E-state index in [0.29, 0.717) is 5.92 Å². The van der Waals surface area contributed by atoms with Gasteiger partial charge in [0.25, 0.3) is 0 Å². The van der Waals surface area contributed by atoms with Gasteiger partial charge in [0.15, 0.2) is 0 Å². The van der Waals surface area contributed by atoms with Gasteiger partial charge in [-0.25, -0.2) is 0 Å². The molecule has 2 nitrogen and oxygen atoms in total. The Kier molecular flexibility index (Phi) is 12.9. The quantitative estimate of drug-likeness (QED) is 0.471. The van der Waals surface area contributed by atoms with Crippen LogP contribution in [0.15, 0.2) is 0 Å². The smallest absolute Gasteiger partial charge is 0.0516 e. The molecule has 0 unspecified atom stereocenters. The summed E-state index contributed by atoms with van der Waals surface area (Å²) in [5, 5.41) is 0. The molecule has 2 heteroatoms. The highest BCUT2D eigenvalue weighted by Gasteiger charge is 2.07. The molecule has 0 bridgehead atoms. The van der Waals surface area contributed by atoms with Crippen molar-refractivity contribution in [1.29, 1.82) is 0 Å². The van der Waals surface area contributed by atoms with Gasteiger partial charge in [0, 0.05) is 19.1 Å². The van der Waals surface area contributed by atoms with E-state index in [1.54, 1.807) is 0 Å². The van der Waals surface area contributed by atoms with Crippen molar-refractivity contribution in [2.45, 2.75) is 59.3 Å². The van der Waals surface area contributed by atoms with Crippen molar-refractivity contribution in [2.75, 3.05) is 26.4 Å². The van der Waals surface area contributed by atoms with Crippen LogP contribution in [-0.2, 0) is 9.47 Å². The molecule has 16 heavy (non-hydrogen) atoms. The maximum absolute atomic E-state index is 5.67. The van der Waals surface area contributed by atoms with Crippen molar-refractivity contribution in [2.24, 2.45) is 5.92 Å². The summed E-state index contributed by atoms with van der Waals surface area (Å²) in [6, 6.07) is 0. The summed E-state index contributed by atoms with van der Waals surface area (Å²) >= 11 is 0. The highest BCUT2D eigenvalue weighted by atomic mass is 16.5. The van der Waals surface area contributed by atoms with E-state index in [1.165, 1.54) is 38.5 Å². The molecule has 0 heterocycles. The fourth-order valence-electron chi connectivity index (χ4n) is 1.62. The van der Waals surface area contributed by atoms with E-state index in [0.717, 1.165) is 26.4 Å². The fraction of sp³-hybridized carbons (Fsp3) is 1.00. The molecule has 98 valence electrons. The van der Waals surface area contributed by atoms with E-state index in [-0.39, 0.29) is 0 Å². The summed E-state index contributed by atoms with van der Waals surface area (Å²) in [4.78, 5) is 0. The third-order valence-corrected chi connectivity index (χ3v) is 2.69. The van der Waals surface area contributed by atoms with Crippen molar-refractivity contribution >= 4 is 0 Å². The monoisotopic (exact) mass is 230 g/mol. The zero-order valence-corrected chi connectivity index (χ0v) is 11.5. The van der Waals surface area contributed by atoms with Crippen LogP contribution >= 0.6 is 0 Å². The van der Waals surface area contributed by atoms with E-state index in [2.05, 4.69) is 20.8 Å². The van der Waals surface area contributed by atoms with Crippen LogP contribution in [0.1, 0.15) is 59.3 Å². The van der Waals surface area contributed by atoms with Gasteiger partial charge in [-0.2, -0.15) is 0 Å². The lowest BCUT2D eigenvalue weighted by Crippen LogP contribution is -2.17. The van der Waals surface area contributed by atoms with Gasteiger partial charge >= 0.3 is 0 Å². The van der Waals surface area contributed by atoms with E-state index >= 15 is 0 Å². The standard InChI is InChI=1S/C14H30O2/c1-4-7-10-15-12-14(9-6-3)13-16-11-8-5-2/h14H,4-13H2,1-3H3. The molecular formula is C14H30O2. The van der Waals surface area contributed by atoms with Crippen LogP contribution in [-0.4, -0.2) is 26.4 Å². The van der Waals surface area contributed by atoms with Gasteiger partial charge in [0.05, 0.1) is 13.2 Å². The van der Waals surface area contributed by atoms with E-state index in [9.17, 15) is 0 Å². The van der Waals surface area contributed by atoms with Crippen LogP contribution in [0.4, 0.5) is 0 Å². The summed E-state index contributed by atoms with van der Waals surface area (Å²) in [6.45, 7) is 10.2. The lowest BCUT2D eigenvalue weighted by atomic mass is 10.1. The zero-order valence-electron chi connectivity index (χ0n) is 11.5. The Hall–Kier alpha value is -0.0800. The predicted octanol–water partition coefficient (Wildman–Crippen LogP) is 4.04. The third-order valence-electron chi connectivity index (χ3n) is 2.69. The van der Waals surface area contributed by atoms with Gasteiger partial charge in [0.1, 0.15) is 0 Å². The Morgan fingerprint density at radius 2 is 1.25 bits per heavy atom. The normalized spacial score (nSPS) is 11.2. The molecule has 0 atom stereocenters. The summed E-state index contributed by atoms with van der Waals surface area (Å²) in [5.74, 6) is 0.596. The van der Waals surface area contributed by atoms with Gasteiger partial charge in [0.2, 0.25) is 0 Å². The molecule has 0 rings (SSSR count). The summed E-state index contributed by atoms with van der Waals surface area (Å²) < 4.78 is 11.3. The van der Waals surface area contributed by atoms with E-state index in [1.807, 2.05) is 0 Å². The molecule has 0 fully saturated rings. The number of ether oxygens (including phenoxy) is 2. The van der Waals surface area contributed by atoms with E-state index < -0.39 is 0 Å². The average molecular weight is 230 g/mol. The van der Waals surface area contributed by atoms with Crippen LogP contribution in [0.3, 0.4) is 0 Å². The summed E-state index contributed by atoms with van der Waals surface area (Å²) in [6.07, 6.45) is 7.22. The zero-order chi connectivity index (χ0) is 12.1. The molecule has 0 saturated heterocycles. The SMILES string of the molecule is CCCCOCC(CCC)COCCCC. The summed E-state index contributed by atoms with van der Waals surface area (Å²) in [7, 11) is 0. The van der Waals surface area contributed by atoms with Crippen molar-refractivity contribution < 1.29 is 9.47 Å². The van der Waals surface area contributed by atoms with Crippen LogP contribution in [0, 0.1) is 5.92 Å². The molecule has 0 aliphatic heterocycles. The first-order valence-electron chi connectivity index (χ1n) is 7.00. The first-order valence-corrected chi connectivity index (χ1v) is 7.00. The van der Waals surface area contributed by atoms with Crippen molar-refractivity contribution in [3.05, 3.63) is 0 Å². The van der Waals surface area contributed by atoms with Crippen LogP contribution in [0.5, 0.6) is 0 Å². The molecule has 0 aromatic carbocycles. The van der Waals surface area contributed by atoms with Crippen molar-refractivity contribution in [1.82, 2.24) is 0 Å². The van der Waals surface area contributed by atoms with Crippen LogP contribution in [0.25, 0.3) is 0 Å².